The van der Waals surface area contributed by atoms with E-state index in [1.807, 2.05) is 0 Å². The molecule has 0 bridgehead atoms. The van der Waals surface area contributed by atoms with Crippen molar-refractivity contribution in [3.63, 3.8) is 0 Å². The van der Waals surface area contributed by atoms with Crippen LogP contribution in [0, 0.1) is 0 Å². The highest BCUT2D eigenvalue weighted by Gasteiger charge is 2.16. The molecule has 2 rings (SSSR count). The van der Waals surface area contributed by atoms with Gasteiger partial charge in [0.05, 0.1) is 10.7 Å². The average molecular weight is 335 g/mol. The molecule has 0 saturated heterocycles. The SMILES string of the molecule is O=S(=O)(O)Cc1cc(Cl)cc(Cl)c1Nc1ncncn1. The lowest BCUT2D eigenvalue weighted by Gasteiger charge is -2.12. The Bertz CT molecular complexity index is 725. The van der Waals surface area contributed by atoms with E-state index in [9.17, 15) is 8.42 Å². The fourth-order valence-electron chi connectivity index (χ4n) is 1.49. The number of rotatable bonds is 4. The normalized spacial score (nSPS) is 11.3. The van der Waals surface area contributed by atoms with E-state index in [-0.39, 0.29) is 27.2 Å². The maximum atomic E-state index is 11.0. The molecule has 1 aromatic heterocycles. The van der Waals surface area contributed by atoms with Crippen molar-refractivity contribution in [1.29, 1.82) is 0 Å². The Morgan fingerprint density at radius 2 is 1.85 bits per heavy atom. The molecular formula is C10H8Cl2N4O3S. The largest absolute Gasteiger partial charge is 0.322 e. The van der Waals surface area contributed by atoms with Crippen molar-refractivity contribution in [2.75, 3.05) is 5.32 Å². The lowest BCUT2D eigenvalue weighted by molar-refractivity contribution is 0.482. The fraction of sp³-hybridized carbons (Fsp3) is 0.100. The van der Waals surface area contributed by atoms with Gasteiger partial charge in [0, 0.05) is 5.02 Å². The second kappa shape index (κ2) is 5.88. The Labute approximate surface area is 124 Å². The number of anilines is 2. The van der Waals surface area contributed by atoms with Gasteiger partial charge in [0.1, 0.15) is 18.4 Å². The summed E-state index contributed by atoms with van der Waals surface area (Å²) in [5.41, 5.74) is 0.449. The van der Waals surface area contributed by atoms with Crippen LogP contribution >= 0.6 is 23.2 Å². The minimum atomic E-state index is -4.24. The van der Waals surface area contributed by atoms with Crippen LogP contribution in [0.1, 0.15) is 5.56 Å². The lowest BCUT2D eigenvalue weighted by atomic mass is 10.2. The fourth-order valence-corrected chi connectivity index (χ4v) is 2.70. The monoisotopic (exact) mass is 334 g/mol. The van der Waals surface area contributed by atoms with Crippen LogP contribution in [-0.2, 0) is 15.9 Å². The molecule has 0 radical (unpaired) electrons. The van der Waals surface area contributed by atoms with Gasteiger partial charge in [-0.15, -0.1) is 0 Å². The van der Waals surface area contributed by atoms with E-state index in [0.717, 1.165) is 0 Å². The second-order valence-corrected chi connectivity index (χ2v) is 6.03. The van der Waals surface area contributed by atoms with Crippen LogP contribution in [0.15, 0.2) is 24.8 Å². The molecule has 1 aromatic carbocycles. The smallest absolute Gasteiger partial charge is 0.269 e. The van der Waals surface area contributed by atoms with Crippen LogP contribution in [-0.4, -0.2) is 27.9 Å². The number of benzene rings is 1. The van der Waals surface area contributed by atoms with Crippen molar-refractivity contribution < 1.29 is 13.0 Å². The van der Waals surface area contributed by atoms with E-state index in [1.54, 1.807) is 0 Å². The van der Waals surface area contributed by atoms with Gasteiger partial charge in [-0.05, 0) is 17.7 Å². The molecule has 0 aliphatic rings. The van der Waals surface area contributed by atoms with E-state index in [2.05, 4.69) is 20.3 Å². The molecule has 0 unspecified atom stereocenters. The average Bonchev–Trinajstić information content (AvgIpc) is 2.33. The Kier molecular flexibility index (Phi) is 4.39. The molecule has 0 atom stereocenters. The molecule has 2 aromatic rings. The molecule has 0 aliphatic carbocycles. The summed E-state index contributed by atoms with van der Waals surface area (Å²) in [5.74, 6) is -0.457. The highest BCUT2D eigenvalue weighted by Crippen LogP contribution is 2.32. The molecule has 0 saturated carbocycles. The lowest BCUT2D eigenvalue weighted by Crippen LogP contribution is -2.06. The van der Waals surface area contributed by atoms with Gasteiger partial charge in [-0.3, -0.25) is 4.55 Å². The molecule has 7 nitrogen and oxygen atoms in total. The Hall–Kier alpha value is -1.48. The molecular weight excluding hydrogens is 327 g/mol. The Morgan fingerprint density at radius 3 is 2.45 bits per heavy atom. The summed E-state index contributed by atoms with van der Waals surface area (Å²) in [6.07, 6.45) is 2.53. The first-order chi connectivity index (χ1) is 9.35. The third-order valence-electron chi connectivity index (χ3n) is 2.20. The third kappa shape index (κ3) is 4.01. The first-order valence-electron chi connectivity index (χ1n) is 5.17. The predicted molar refractivity (Wildman–Crippen MR) is 74.8 cm³/mol. The topological polar surface area (TPSA) is 105 Å². The van der Waals surface area contributed by atoms with Crippen LogP contribution in [0.3, 0.4) is 0 Å². The van der Waals surface area contributed by atoms with Gasteiger partial charge in [-0.25, -0.2) is 15.0 Å². The number of nitrogens with one attached hydrogen (secondary N) is 1. The second-order valence-electron chi connectivity index (χ2n) is 3.73. The highest BCUT2D eigenvalue weighted by atomic mass is 35.5. The molecule has 2 N–H and O–H groups in total. The van der Waals surface area contributed by atoms with Gasteiger partial charge in [-0.1, -0.05) is 23.2 Å². The quantitative estimate of drug-likeness (QED) is 0.826. The molecule has 0 amide bonds. The van der Waals surface area contributed by atoms with E-state index in [0.29, 0.717) is 0 Å². The Morgan fingerprint density at radius 1 is 1.20 bits per heavy atom. The van der Waals surface area contributed by atoms with Crippen molar-refractivity contribution in [2.45, 2.75) is 5.75 Å². The van der Waals surface area contributed by atoms with Crippen LogP contribution in [0.2, 0.25) is 10.0 Å². The van der Waals surface area contributed by atoms with Gasteiger partial charge in [0.2, 0.25) is 5.95 Å². The number of aromatic nitrogens is 3. The van der Waals surface area contributed by atoms with Crippen molar-refractivity contribution in [1.82, 2.24) is 15.0 Å². The minimum absolute atomic E-state index is 0.177. The Balaban J connectivity index is 2.45. The third-order valence-corrected chi connectivity index (χ3v) is 3.40. The summed E-state index contributed by atoms with van der Waals surface area (Å²) in [6, 6.07) is 2.81. The van der Waals surface area contributed by atoms with Crippen molar-refractivity contribution in [3.05, 3.63) is 40.4 Å². The van der Waals surface area contributed by atoms with Crippen LogP contribution in [0.5, 0.6) is 0 Å². The van der Waals surface area contributed by atoms with E-state index >= 15 is 0 Å². The zero-order valence-corrected chi connectivity index (χ0v) is 12.1. The number of nitrogens with zero attached hydrogens (tertiary/aromatic N) is 3. The van der Waals surface area contributed by atoms with Gasteiger partial charge in [0.15, 0.2) is 0 Å². The van der Waals surface area contributed by atoms with E-state index in [1.165, 1.54) is 24.8 Å². The van der Waals surface area contributed by atoms with Crippen molar-refractivity contribution >= 4 is 45.0 Å². The van der Waals surface area contributed by atoms with Crippen molar-refractivity contribution in [2.24, 2.45) is 0 Å². The molecule has 1 heterocycles. The van der Waals surface area contributed by atoms with Gasteiger partial charge >= 0.3 is 0 Å². The highest BCUT2D eigenvalue weighted by molar-refractivity contribution is 7.85. The van der Waals surface area contributed by atoms with E-state index in [4.69, 9.17) is 27.8 Å². The zero-order chi connectivity index (χ0) is 14.8. The number of hydrogen-bond donors (Lipinski definition) is 2. The van der Waals surface area contributed by atoms with E-state index < -0.39 is 15.9 Å². The van der Waals surface area contributed by atoms with Gasteiger partial charge < -0.3 is 5.32 Å². The minimum Gasteiger partial charge on any atom is -0.322 e. The number of halogens is 2. The van der Waals surface area contributed by atoms with Crippen LogP contribution in [0.4, 0.5) is 11.6 Å². The summed E-state index contributed by atoms with van der Waals surface area (Å²) >= 11 is 11.8. The molecule has 20 heavy (non-hydrogen) atoms. The molecule has 0 aliphatic heterocycles. The zero-order valence-electron chi connectivity index (χ0n) is 9.79. The maximum absolute atomic E-state index is 11.0. The van der Waals surface area contributed by atoms with Crippen LogP contribution < -0.4 is 5.32 Å². The maximum Gasteiger partial charge on any atom is 0.269 e. The molecule has 0 spiro atoms. The summed E-state index contributed by atoms with van der Waals surface area (Å²) in [6.45, 7) is 0. The standard InChI is InChI=1S/C10H8Cl2N4O3S/c11-7-1-6(3-20(17,18)19)9(8(12)2-7)16-10-14-4-13-5-15-10/h1-2,4-5H,3H2,(H,17,18,19)(H,13,14,15,16). The van der Waals surface area contributed by atoms with Crippen molar-refractivity contribution in [3.8, 4) is 0 Å². The summed E-state index contributed by atoms with van der Waals surface area (Å²) in [5, 5.41) is 3.18. The van der Waals surface area contributed by atoms with Gasteiger partial charge in [0.25, 0.3) is 10.1 Å². The van der Waals surface area contributed by atoms with Gasteiger partial charge in [-0.2, -0.15) is 8.42 Å². The predicted octanol–water partition coefficient (Wildman–Crippen LogP) is 2.31. The van der Waals surface area contributed by atoms with Crippen LogP contribution in [0.25, 0.3) is 0 Å². The first-order valence-corrected chi connectivity index (χ1v) is 7.54. The summed E-state index contributed by atoms with van der Waals surface area (Å²) < 4.78 is 31.0. The summed E-state index contributed by atoms with van der Waals surface area (Å²) in [4.78, 5) is 11.3. The molecule has 0 fully saturated rings. The number of hydrogen-bond acceptors (Lipinski definition) is 6. The first kappa shape index (κ1) is 14.9. The summed E-state index contributed by atoms with van der Waals surface area (Å²) in [7, 11) is -4.24. The molecule has 106 valence electrons. The molecule has 10 heteroatoms.